The Bertz CT molecular complexity index is 631. The second-order valence-electron chi connectivity index (χ2n) is 9.31. The fourth-order valence-corrected chi connectivity index (χ4v) is 3.62. The van der Waals surface area contributed by atoms with Crippen molar-refractivity contribution in [1.82, 2.24) is 0 Å². The molecule has 1 N–H and O–H groups in total. The molecule has 0 saturated heterocycles. The van der Waals surface area contributed by atoms with Crippen LogP contribution in [0.2, 0.25) is 18.1 Å². The third-order valence-electron chi connectivity index (χ3n) is 4.57. The van der Waals surface area contributed by atoms with E-state index in [4.69, 9.17) is 4.43 Å². The van der Waals surface area contributed by atoms with Gasteiger partial charge in [-0.05, 0) is 58.0 Å². The van der Waals surface area contributed by atoms with Crippen molar-refractivity contribution >= 4 is 25.4 Å². The Morgan fingerprint density at radius 3 is 2.19 bits per heavy atom. The fraction of sp³-hybridized carbons (Fsp3) is 0.650. The van der Waals surface area contributed by atoms with E-state index < -0.39 is 30.5 Å². The molecular weight excluding hydrogens is 362 g/mol. The van der Waals surface area contributed by atoms with Crippen LogP contribution in [0.1, 0.15) is 60.5 Å². The molecule has 0 amide bonds. The molecule has 1 aromatic carbocycles. The van der Waals surface area contributed by atoms with Crippen LogP contribution in [0.15, 0.2) is 28.7 Å². The highest BCUT2D eigenvalue weighted by Crippen LogP contribution is 2.38. The highest BCUT2D eigenvalue weighted by molar-refractivity contribution is 7.91. The summed E-state index contributed by atoms with van der Waals surface area (Å²) in [4.78, 5) is 0. The van der Waals surface area contributed by atoms with Gasteiger partial charge in [0.1, 0.15) is 27.6 Å². The molecule has 4 nitrogen and oxygen atoms in total. The summed E-state index contributed by atoms with van der Waals surface area (Å²) in [5, 5.41) is 10.0. The van der Waals surface area contributed by atoms with Crippen molar-refractivity contribution in [2.24, 2.45) is 4.40 Å². The Hall–Kier alpha value is -0.823. The van der Waals surface area contributed by atoms with E-state index in [0.717, 1.165) is 11.3 Å². The van der Waals surface area contributed by atoms with Crippen molar-refractivity contribution in [3.05, 3.63) is 29.8 Å². The monoisotopic (exact) mass is 397 g/mol. The van der Waals surface area contributed by atoms with Crippen LogP contribution < -0.4 is 4.43 Å². The Morgan fingerprint density at radius 2 is 1.73 bits per heavy atom. The number of nitrogens with zero attached hydrogens (tertiary/aromatic N) is 1. The predicted octanol–water partition coefficient (Wildman–Crippen LogP) is 5.09. The maximum atomic E-state index is 12.6. The lowest BCUT2D eigenvalue weighted by molar-refractivity contribution is 0.203. The van der Waals surface area contributed by atoms with Crippen LogP contribution in [0.4, 0.5) is 0 Å². The van der Waals surface area contributed by atoms with Crippen LogP contribution in [-0.2, 0) is 11.4 Å². The molecule has 148 valence electrons. The summed E-state index contributed by atoms with van der Waals surface area (Å²) in [5.41, 5.74) is 1.44. The third-order valence-corrected chi connectivity index (χ3v) is 10.4. The predicted molar refractivity (Wildman–Crippen MR) is 115 cm³/mol. The smallest absolute Gasteiger partial charge is 0.250 e. The van der Waals surface area contributed by atoms with Gasteiger partial charge in [0, 0.05) is 12.0 Å². The van der Waals surface area contributed by atoms with Crippen molar-refractivity contribution in [1.29, 1.82) is 0 Å². The first-order valence-electron chi connectivity index (χ1n) is 9.11. The summed E-state index contributed by atoms with van der Waals surface area (Å²) in [6.45, 7) is 18.4. The van der Waals surface area contributed by atoms with Gasteiger partial charge < -0.3 is 14.1 Å². The van der Waals surface area contributed by atoms with Crippen LogP contribution in [0, 0.1) is 0 Å². The zero-order valence-electron chi connectivity index (χ0n) is 17.7. The number of aliphatic hydroxyl groups excluding tert-OH is 1. The molecule has 2 atom stereocenters. The lowest BCUT2D eigenvalue weighted by Gasteiger charge is -2.37. The summed E-state index contributed by atoms with van der Waals surface area (Å²) in [6.07, 6.45) is -0.244. The Balaban J connectivity index is 3.39. The maximum absolute atomic E-state index is 12.6. The lowest BCUT2D eigenvalue weighted by atomic mass is 10.0. The van der Waals surface area contributed by atoms with Gasteiger partial charge in [0.15, 0.2) is 0 Å². The molecule has 0 aliphatic carbocycles. The third kappa shape index (κ3) is 6.41. The lowest BCUT2D eigenvalue weighted by Crippen LogP contribution is -2.44. The number of benzene rings is 1. The topological polar surface area (TPSA) is 64.9 Å². The molecular formula is C20H35NO3SSi. The molecule has 6 heteroatoms. The Kier molecular flexibility index (Phi) is 7.56. The standard InChI is InChI=1S/C20H35NO3SSi/c1-15(22)14-17(21-25(23)19(2,3)4)16-12-10-11-13-18(16)24-26(8,9)20(5,6)7/h10-13,15,22H,14H2,1-9H3/b21-17+/t15-,25+/m0/s1. The van der Waals surface area contributed by atoms with E-state index in [2.05, 4.69) is 38.3 Å². The van der Waals surface area contributed by atoms with Crippen molar-refractivity contribution in [3.8, 4) is 5.75 Å². The first-order valence-corrected chi connectivity index (χ1v) is 13.1. The van der Waals surface area contributed by atoms with E-state index in [-0.39, 0.29) is 5.04 Å². The van der Waals surface area contributed by atoms with E-state index >= 15 is 0 Å². The van der Waals surface area contributed by atoms with Gasteiger partial charge in [0.2, 0.25) is 0 Å². The molecule has 0 unspecified atom stereocenters. The van der Waals surface area contributed by atoms with Gasteiger partial charge in [-0.2, -0.15) is 0 Å². The molecule has 26 heavy (non-hydrogen) atoms. The largest absolute Gasteiger partial charge is 0.591 e. The van der Waals surface area contributed by atoms with Crippen molar-refractivity contribution < 1.29 is 14.1 Å². The van der Waals surface area contributed by atoms with Crippen LogP contribution in [0.25, 0.3) is 0 Å². The normalized spacial score (nSPS) is 16.3. The second kappa shape index (κ2) is 8.46. The van der Waals surface area contributed by atoms with Crippen molar-refractivity contribution in [3.63, 3.8) is 0 Å². The molecule has 0 radical (unpaired) electrons. The maximum Gasteiger partial charge on any atom is 0.250 e. The molecule has 0 saturated carbocycles. The van der Waals surface area contributed by atoms with Gasteiger partial charge in [-0.3, -0.25) is 0 Å². The van der Waals surface area contributed by atoms with Gasteiger partial charge >= 0.3 is 0 Å². The van der Waals surface area contributed by atoms with Crippen molar-refractivity contribution in [2.45, 2.75) is 83.9 Å². The van der Waals surface area contributed by atoms with Crippen LogP contribution in [0.3, 0.4) is 0 Å². The fourth-order valence-electron chi connectivity index (χ4n) is 1.94. The van der Waals surface area contributed by atoms with E-state index in [9.17, 15) is 9.66 Å². The van der Waals surface area contributed by atoms with E-state index in [1.54, 1.807) is 6.92 Å². The van der Waals surface area contributed by atoms with Gasteiger partial charge in [-0.1, -0.05) is 37.3 Å². The van der Waals surface area contributed by atoms with Gasteiger partial charge in [-0.15, -0.1) is 0 Å². The Labute approximate surface area is 163 Å². The van der Waals surface area contributed by atoms with Crippen LogP contribution in [0.5, 0.6) is 5.75 Å². The minimum absolute atomic E-state index is 0.0654. The van der Waals surface area contributed by atoms with E-state index in [0.29, 0.717) is 12.1 Å². The number of hydrogen-bond acceptors (Lipinski definition) is 4. The average molecular weight is 398 g/mol. The zero-order valence-corrected chi connectivity index (χ0v) is 19.5. The summed E-state index contributed by atoms with van der Waals surface area (Å²) >= 11 is -1.40. The molecule has 0 heterocycles. The molecule has 1 rings (SSSR count). The number of para-hydroxylation sites is 1. The molecule has 0 aliphatic heterocycles. The second-order valence-corrected chi connectivity index (χ2v) is 15.9. The molecule has 0 spiro atoms. The highest BCUT2D eigenvalue weighted by Gasteiger charge is 2.39. The quantitative estimate of drug-likeness (QED) is 0.413. The summed E-state index contributed by atoms with van der Waals surface area (Å²) in [7, 11) is -2.03. The van der Waals surface area contributed by atoms with Gasteiger partial charge in [0.25, 0.3) is 8.32 Å². The number of aliphatic hydroxyl groups is 1. The highest BCUT2D eigenvalue weighted by atomic mass is 32.2. The van der Waals surface area contributed by atoms with Crippen LogP contribution in [-0.4, -0.2) is 34.5 Å². The molecule has 0 aromatic heterocycles. The first kappa shape index (κ1) is 23.2. The molecule has 0 bridgehead atoms. The number of hydrogen-bond donors (Lipinski definition) is 1. The molecule has 0 fully saturated rings. The minimum Gasteiger partial charge on any atom is -0.591 e. The number of rotatable bonds is 6. The minimum atomic E-state index is -2.03. The molecule has 0 aliphatic rings. The Morgan fingerprint density at radius 1 is 1.19 bits per heavy atom. The zero-order chi connectivity index (χ0) is 20.3. The van der Waals surface area contributed by atoms with Gasteiger partial charge in [-0.25, -0.2) is 0 Å². The van der Waals surface area contributed by atoms with Crippen LogP contribution >= 0.6 is 0 Å². The summed E-state index contributed by atoms with van der Waals surface area (Å²) < 4.78 is 23.1. The molecule has 1 aromatic rings. The summed E-state index contributed by atoms with van der Waals surface area (Å²) in [5.74, 6) is 0.754. The van der Waals surface area contributed by atoms with E-state index in [1.165, 1.54) is 0 Å². The van der Waals surface area contributed by atoms with E-state index in [1.807, 2.05) is 45.0 Å². The van der Waals surface area contributed by atoms with Crippen molar-refractivity contribution in [2.75, 3.05) is 0 Å². The average Bonchev–Trinajstić information content (AvgIpc) is 2.44. The summed E-state index contributed by atoms with van der Waals surface area (Å²) in [6, 6.07) is 7.73. The first-order chi connectivity index (χ1) is 11.6. The van der Waals surface area contributed by atoms with Gasteiger partial charge in [0.05, 0.1) is 6.10 Å². The SMILES string of the molecule is C[C@H](O)C/C(=N\[S@+]([O-])C(C)(C)C)c1ccccc1O[Si](C)(C)C(C)(C)C.